The zero-order valence-corrected chi connectivity index (χ0v) is 12.6. The number of hydrogen-bond donors (Lipinski definition) is 1. The van der Waals surface area contributed by atoms with Crippen LogP contribution in [-0.2, 0) is 4.79 Å². The molecule has 0 heterocycles. The van der Waals surface area contributed by atoms with E-state index in [-0.39, 0.29) is 17.6 Å². The van der Waals surface area contributed by atoms with Gasteiger partial charge < -0.3 is 5.32 Å². The van der Waals surface area contributed by atoms with Crippen molar-refractivity contribution in [3.63, 3.8) is 0 Å². The number of carbonyl (C=O) groups excluding carboxylic acids is 1. The van der Waals surface area contributed by atoms with E-state index in [0.717, 1.165) is 4.90 Å². The molecule has 5 heteroatoms. The average Bonchev–Trinajstić information content (AvgIpc) is 2.45. The molecule has 1 amide bonds. The number of benzene rings is 1. The molecule has 0 bridgehead atoms. The summed E-state index contributed by atoms with van der Waals surface area (Å²) >= 11 is 1.30. The van der Waals surface area contributed by atoms with Crippen LogP contribution in [0.15, 0.2) is 29.2 Å². The summed E-state index contributed by atoms with van der Waals surface area (Å²) in [4.78, 5) is 12.7. The number of hydrogen-bond acceptors (Lipinski definition) is 4. The van der Waals surface area contributed by atoms with Gasteiger partial charge in [0.2, 0.25) is 5.91 Å². The molecule has 1 aromatic carbocycles. The van der Waals surface area contributed by atoms with E-state index in [4.69, 9.17) is 10.5 Å². The van der Waals surface area contributed by atoms with Crippen molar-refractivity contribution in [2.45, 2.75) is 31.2 Å². The highest BCUT2D eigenvalue weighted by atomic mass is 32.2. The summed E-state index contributed by atoms with van der Waals surface area (Å²) in [6.45, 7) is 5.49. The van der Waals surface area contributed by atoms with Gasteiger partial charge in [-0.3, -0.25) is 4.79 Å². The second kappa shape index (κ2) is 6.98. The highest BCUT2D eigenvalue weighted by Gasteiger charge is 2.29. The van der Waals surface area contributed by atoms with Crippen LogP contribution in [0, 0.1) is 28.6 Å². The minimum absolute atomic E-state index is 0.0212. The van der Waals surface area contributed by atoms with Gasteiger partial charge in [0.05, 0.1) is 17.4 Å². The van der Waals surface area contributed by atoms with Gasteiger partial charge in [-0.25, -0.2) is 0 Å². The number of nitriles is 2. The van der Waals surface area contributed by atoms with Crippen molar-refractivity contribution < 1.29 is 4.79 Å². The van der Waals surface area contributed by atoms with Gasteiger partial charge in [0.25, 0.3) is 0 Å². The van der Waals surface area contributed by atoms with Crippen LogP contribution in [0.1, 0.15) is 26.3 Å². The Morgan fingerprint density at radius 1 is 1.40 bits per heavy atom. The van der Waals surface area contributed by atoms with E-state index in [1.807, 2.05) is 26.0 Å². The molecule has 0 saturated carbocycles. The van der Waals surface area contributed by atoms with Crippen molar-refractivity contribution in [1.29, 1.82) is 10.5 Å². The Labute approximate surface area is 123 Å². The van der Waals surface area contributed by atoms with Gasteiger partial charge in [0, 0.05) is 4.90 Å². The summed E-state index contributed by atoms with van der Waals surface area (Å²) in [7, 11) is 0. The summed E-state index contributed by atoms with van der Waals surface area (Å²) < 4.78 is 0. The third-order valence-corrected chi connectivity index (χ3v) is 4.23. The smallest absolute Gasteiger partial charge is 0.231 e. The summed E-state index contributed by atoms with van der Waals surface area (Å²) in [6, 6.07) is 11.4. The molecule has 0 aliphatic heterocycles. The monoisotopic (exact) mass is 287 g/mol. The zero-order chi connectivity index (χ0) is 15.2. The number of rotatable bonds is 5. The molecule has 4 nitrogen and oxygen atoms in total. The lowest BCUT2D eigenvalue weighted by molar-refractivity contribution is -0.120. The minimum atomic E-state index is -0.869. The molecule has 1 rings (SSSR count). The van der Waals surface area contributed by atoms with Crippen molar-refractivity contribution in [3.05, 3.63) is 29.8 Å². The molecular weight excluding hydrogens is 270 g/mol. The largest absolute Gasteiger partial charge is 0.337 e. The number of nitrogens with one attached hydrogen (secondary N) is 1. The first kappa shape index (κ1) is 16.1. The lowest BCUT2D eigenvalue weighted by Crippen LogP contribution is -2.49. The van der Waals surface area contributed by atoms with E-state index in [1.54, 1.807) is 19.1 Å². The maximum absolute atomic E-state index is 11.9. The first-order valence-electron chi connectivity index (χ1n) is 6.27. The van der Waals surface area contributed by atoms with Gasteiger partial charge in [-0.1, -0.05) is 26.0 Å². The molecule has 0 aliphatic carbocycles. The standard InChI is InChI=1S/C15H17N3OS/c1-11(2)15(3,10-17)18-14(19)9-20-13-7-5-4-6-12(13)8-16/h4-7,11H,9H2,1-3H3,(H,18,19)/t15-/m1/s1. The van der Waals surface area contributed by atoms with E-state index in [1.165, 1.54) is 11.8 Å². The highest BCUT2D eigenvalue weighted by Crippen LogP contribution is 2.22. The van der Waals surface area contributed by atoms with Crippen LogP contribution in [0.2, 0.25) is 0 Å². The maximum Gasteiger partial charge on any atom is 0.231 e. The molecule has 1 atom stereocenters. The molecule has 0 spiro atoms. The molecule has 1 aromatic rings. The Kier molecular flexibility index (Phi) is 5.61. The van der Waals surface area contributed by atoms with Gasteiger partial charge in [0.1, 0.15) is 11.6 Å². The van der Waals surface area contributed by atoms with Gasteiger partial charge in [0.15, 0.2) is 0 Å². The molecule has 0 radical (unpaired) electrons. The molecule has 0 aliphatic rings. The maximum atomic E-state index is 11.9. The van der Waals surface area contributed by atoms with E-state index in [2.05, 4.69) is 17.5 Å². The molecule has 0 saturated heterocycles. The second-order valence-corrected chi connectivity index (χ2v) is 5.93. The van der Waals surface area contributed by atoms with Crippen LogP contribution in [-0.4, -0.2) is 17.2 Å². The first-order valence-corrected chi connectivity index (χ1v) is 7.25. The molecule has 20 heavy (non-hydrogen) atoms. The Balaban J connectivity index is 2.65. The van der Waals surface area contributed by atoms with Crippen molar-refractivity contribution in [3.8, 4) is 12.1 Å². The summed E-state index contributed by atoms with van der Waals surface area (Å²) in [5.41, 5.74) is -0.316. The van der Waals surface area contributed by atoms with Crippen LogP contribution in [0.3, 0.4) is 0 Å². The van der Waals surface area contributed by atoms with Gasteiger partial charge >= 0.3 is 0 Å². The summed E-state index contributed by atoms with van der Waals surface area (Å²) in [5.74, 6) is -0.00351. The number of carbonyl (C=O) groups is 1. The Morgan fingerprint density at radius 2 is 2.05 bits per heavy atom. The summed E-state index contributed by atoms with van der Waals surface area (Å²) in [6.07, 6.45) is 0. The third kappa shape index (κ3) is 4.01. The second-order valence-electron chi connectivity index (χ2n) is 4.91. The Bertz CT molecular complexity index is 571. The average molecular weight is 287 g/mol. The fourth-order valence-corrected chi connectivity index (χ4v) is 2.26. The summed E-state index contributed by atoms with van der Waals surface area (Å²) in [5, 5.41) is 20.9. The number of thioether (sulfide) groups is 1. The van der Waals surface area contributed by atoms with Crippen molar-refractivity contribution in [1.82, 2.24) is 5.32 Å². The van der Waals surface area contributed by atoms with Crippen LogP contribution < -0.4 is 5.32 Å². The lowest BCUT2D eigenvalue weighted by Gasteiger charge is -2.27. The quantitative estimate of drug-likeness (QED) is 0.845. The predicted molar refractivity (Wildman–Crippen MR) is 78.9 cm³/mol. The van der Waals surface area contributed by atoms with Gasteiger partial charge in [-0.15, -0.1) is 11.8 Å². The van der Waals surface area contributed by atoms with E-state index in [9.17, 15) is 4.79 Å². The van der Waals surface area contributed by atoms with E-state index in [0.29, 0.717) is 5.56 Å². The van der Waals surface area contributed by atoms with Gasteiger partial charge in [-0.2, -0.15) is 10.5 Å². The molecular formula is C15H17N3OS. The molecule has 0 aromatic heterocycles. The topological polar surface area (TPSA) is 76.7 Å². The van der Waals surface area contributed by atoms with Crippen molar-refractivity contribution in [2.75, 3.05) is 5.75 Å². The minimum Gasteiger partial charge on any atom is -0.337 e. The van der Waals surface area contributed by atoms with Crippen LogP contribution in [0.25, 0.3) is 0 Å². The highest BCUT2D eigenvalue weighted by molar-refractivity contribution is 8.00. The normalized spacial score (nSPS) is 13.1. The fraction of sp³-hybridized carbons (Fsp3) is 0.400. The molecule has 1 N–H and O–H groups in total. The van der Waals surface area contributed by atoms with Crippen molar-refractivity contribution in [2.24, 2.45) is 5.92 Å². The van der Waals surface area contributed by atoms with E-state index >= 15 is 0 Å². The lowest BCUT2D eigenvalue weighted by atomic mass is 9.90. The molecule has 104 valence electrons. The third-order valence-electron chi connectivity index (χ3n) is 3.15. The van der Waals surface area contributed by atoms with Gasteiger partial charge in [-0.05, 0) is 25.0 Å². The first-order chi connectivity index (χ1) is 9.42. The number of amides is 1. The van der Waals surface area contributed by atoms with Crippen molar-refractivity contribution >= 4 is 17.7 Å². The molecule has 0 fully saturated rings. The number of nitrogens with zero attached hydrogens (tertiary/aromatic N) is 2. The van der Waals surface area contributed by atoms with Crippen LogP contribution >= 0.6 is 11.8 Å². The van der Waals surface area contributed by atoms with Crippen LogP contribution in [0.4, 0.5) is 0 Å². The van der Waals surface area contributed by atoms with Crippen LogP contribution in [0.5, 0.6) is 0 Å². The van der Waals surface area contributed by atoms with E-state index < -0.39 is 5.54 Å². The molecule has 0 unspecified atom stereocenters. The SMILES string of the molecule is CC(C)[C@@](C)(C#N)NC(=O)CSc1ccccc1C#N. The zero-order valence-electron chi connectivity index (χ0n) is 11.8. The predicted octanol–water partition coefficient (Wildman–Crippen LogP) is 2.70. The fourth-order valence-electron chi connectivity index (χ4n) is 1.46. The Morgan fingerprint density at radius 3 is 2.60 bits per heavy atom. The Hall–Kier alpha value is -1.98.